The summed E-state index contributed by atoms with van der Waals surface area (Å²) < 4.78 is 0. The lowest BCUT2D eigenvalue weighted by Gasteiger charge is -2.38. The van der Waals surface area contributed by atoms with Gasteiger partial charge in [-0.15, -0.1) is 0 Å². The zero-order valence-corrected chi connectivity index (χ0v) is 9.98. The van der Waals surface area contributed by atoms with Gasteiger partial charge >= 0.3 is 0 Å². The van der Waals surface area contributed by atoms with Crippen LogP contribution in [0.3, 0.4) is 0 Å². The number of nitrogens with zero attached hydrogens (tertiary/aromatic N) is 1. The average Bonchev–Trinajstić information content (AvgIpc) is 2.81. The number of likely N-dealkylation sites (tertiary alicyclic amines) is 1. The van der Waals surface area contributed by atoms with Crippen molar-refractivity contribution in [2.24, 2.45) is 5.92 Å². The number of rotatable bonds is 2. The van der Waals surface area contributed by atoms with E-state index in [9.17, 15) is 9.90 Å². The fourth-order valence-corrected chi connectivity index (χ4v) is 2.83. The van der Waals surface area contributed by atoms with E-state index < -0.39 is 6.10 Å². The fourth-order valence-electron chi connectivity index (χ4n) is 2.83. The number of nitrogens with one attached hydrogen (secondary N) is 1. The summed E-state index contributed by atoms with van der Waals surface area (Å²) in [6.45, 7) is 4.37. The Morgan fingerprint density at radius 3 is 2.88 bits per heavy atom. The lowest BCUT2D eigenvalue weighted by molar-refractivity contribution is -0.141. The molecule has 2 aliphatic rings. The SMILES string of the molecule is C[C@H](O)[C@H]1CCCCN1C(=O)[C@@H]1CCNC1. The quantitative estimate of drug-likeness (QED) is 0.715. The zero-order valence-electron chi connectivity index (χ0n) is 9.98. The monoisotopic (exact) mass is 226 g/mol. The van der Waals surface area contributed by atoms with Crippen molar-refractivity contribution in [2.45, 2.75) is 44.8 Å². The molecule has 0 aromatic rings. The Morgan fingerprint density at radius 2 is 2.25 bits per heavy atom. The Kier molecular flexibility index (Phi) is 3.82. The minimum atomic E-state index is -0.404. The van der Waals surface area contributed by atoms with Crippen molar-refractivity contribution < 1.29 is 9.90 Å². The van der Waals surface area contributed by atoms with Crippen LogP contribution >= 0.6 is 0 Å². The van der Waals surface area contributed by atoms with Gasteiger partial charge in [0, 0.05) is 13.1 Å². The highest BCUT2D eigenvalue weighted by Crippen LogP contribution is 2.23. The minimum absolute atomic E-state index is 0.0434. The molecular weight excluding hydrogens is 204 g/mol. The van der Waals surface area contributed by atoms with Crippen LogP contribution in [0.1, 0.15) is 32.6 Å². The van der Waals surface area contributed by atoms with Crippen molar-refractivity contribution in [1.82, 2.24) is 10.2 Å². The molecule has 4 heteroatoms. The molecule has 2 heterocycles. The van der Waals surface area contributed by atoms with E-state index in [0.717, 1.165) is 45.3 Å². The summed E-state index contributed by atoms with van der Waals surface area (Å²) in [5.41, 5.74) is 0. The normalized spacial score (nSPS) is 32.8. The van der Waals surface area contributed by atoms with Crippen LogP contribution in [-0.4, -0.2) is 47.7 Å². The maximum atomic E-state index is 12.3. The molecule has 2 rings (SSSR count). The first-order chi connectivity index (χ1) is 7.70. The predicted molar refractivity (Wildman–Crippen MR) is 62.0 cm³/mol. The van der Waals surface area contributed by atoms with Crippen LogP contribution in [0.15, 0.2) is 0 Å². The van der Waals surface area contributed by atoms with Crippen LogP contribution in [0.4, 0.5) is 0 Å². The molecule has 0 bridgehead atoms. The van der Waals surface area contributed by atoms with Crippen molar-refractivity contribution in [3.05, 3.63) is 0 Å². The molecular formula is C12H22N2O2. The van der Waals surface area contributed by atoms with Crippen molar-refractivity contribution >= 4 is 5.91 Å². The Hall–Kier alpha value is -0.610. The molecule has 0 aromatic heterocycles. The van der Waals surface area contributed by atoms with E-state index in [2.05, 4.69) is 5.32 Å². The number of hydrogen-bond acceptors (Lipinski definition) is 3. The van der Waals surface area contributed by atoms with Gasteiger partial charge in [-0.25, -0.2) is 0 Å². The molecule has 1 amide bonds. The molecule has 0 spiro atoms. The van der Waals surface area contributed by atoms with Gasteiger partial charge in [-0.1, -0.05) is 0 Å². The van der Waals surface area contributed by atoms with Crippen molar-refractivity contribution in [3.8, 4) is 0 Å². The van der Waals surface area contributed by atoms with Gasteiger partial charge in [0.25, 0.3) is 0 Å². The number of amides is 1. The molecule has 0 aliphatic carbocycles. The van der Waals surface area contributed by atoms with Gasteiger partial charge in [0.05, 0.1) is 18.1 Å². The van der Waals surface area contributed by atoms with E-state index in [1.807, 2.05) is 4.90 Å². The van der Waals surface area contributed by atoms with E-state index in [0.29, 0.717) is 0 Å². The molecule has 4 nitrogen and oxygen atoms in total. The molecule has 16 heavy (non-hydrogen) atoms. The molecule has 2 saturated heterocycles. The lowest BCUT2D eigenvalue weighted by Crippen LogP contribution is -2.51. The number of carbonyl (C=O) groups excluding carboxylic acids is 1. The fraction of sp³-hybridized carbons (Fsp3) is 0.917. The van der Waals surface area contributed by atoms with E-state index in [1.165, 1.54) is 0 Å². The Labute approximate surface area is 97.0 Å². The van der Waals surface area contributed by atoms with Crippen LogP contribution in [0.5, 0.6) is 0 Å². The first-order valence-corrected chi connectivity index (χ1v) is 6.39. The summed E-state index contributed by atoms with van der Waals surface area (Å²) in [5, 5.41) is 13.0. The average molecular weight is 226 g/mol. The summed E-state index contributed by atoms with van der Waals surface area (Å²) in [6, 6.07) is 0.0434. The number of carbonyl (C=O) groups is 1. The maximum absolute atomic E-state index is 12.3. The summed E-state index contributed by atoms with van der Waals surface area (Å²) in [7, 11) is 0. The molecule has 92 valence electrons. The van der Waals surface area contributed by atoms with E-state index in [4.69, 9.17) is 0 Å². The summed E-state index contributed by atoms with van der Waals surface area (Å²) in [6.07, 6.45) is 3.70. The third kappa shape index (κ3) is 2.38. The first kappa shape index (κ1) is 11.9. The van der Waals surface area contributed by atoms with Crippen LogP contribution < -0.4 is 5.32 Å². The van der Waals surface area contributed by atoms with Gasteiger partial charge in [0.1, 0.15) is 0 Å². The Balaban J connectivity index is 2.01. The largest absolute Gasteiger partial charge is 0.391 e. The molecule has 2 aliphatic heterocycles. The summed E-state index contributed by atoms with van der Waals surface area (Å²) in [5.74, 6) is 0.384. The highest BCUT2D eigenvalue weighted by molar-refractivity contribution is 5.80. The summed E-state index contributed by atoms with van der Waals surface area (Å²) >= 11 is 0. The molecule has 0 aromatic carbocycles. The molecule has 2 fully saturated rings. The smallest absolute Gasteiger partial charge is 0.227 e. The molecule has 0 unspecified atom stereocenters. The second-order valence-electron chi connectivity index (χ2n) is 5.03. The first-order valence-electron chi connectivity index (χ1n) is 6.39. The highest BCUT2D eigenvalue weighted by Gasteiger charge is 2.34. The molecule has 2 N–H and O–H groups in total. The number of piperidine rings is 1. The third-order valence-corrected chi connectivity index (χ3v) is 3.80. The third-order valence-electron chi connectivity index (χ3n) is 3.80. The van der Waals surface area contributed by atoms with Gasteiger partial charge in [-0.05, 0) is 39.2 Å². The van der Waals surface area contributed by atoms with Gasteiger partial charge < -0.3 is 15.3 Å². The van der Waals surface area contributed by atoms with Crippen LogP contribution in [0.25, 0.3) is 0 Å². The maximum Gasteiger partial charge on any atom is 0.227 e. The van der Waals surface area contributed by atoms with Crippen molar-refractivity contribution in [2.75, 3.05) is 19.6 Å². The number of aliphatic hydroxyl groups excluding tert-OH is 1. The van der Waals surface area contributed by atoms with Crippen LogP contribution in [0.2, 0.25) is 0 Å². The van der Waals surface area contributed by atoms with Crippen LogP contribution in [-0.2, 0) is 4.79 Å². The van der Waals surface area contributed by atoms with E-state index >= 15 is 0 Å². The lowest BCUT2D eigenvalue weighted by atomic mass is 9.95. The van der Waals surface area contributed by atoms with E-state index in [1.54, 1.807) is 6.92 Å². The van der Waals surface area contributed by atoms with Crippen LogP contribution in [0, 0.1) is 5.92 Å². The van der Waals surface area contributed by atoms with Crippen molar-refractivity contribution in [1.29, 1.82) is 0 Å². The van der Waals surface area contributed by atoms with Crippen molar-refractivity contribution in [3.63, 3.8) is 0 Å². The highest BCUT2D eigenvalue weighted by atomic mass is 16.3. The second-order valence-corrected chi connectivity index (χ2v) is 5.03. The molecule has 3 atom stereocenters. The van der Waals surface area contributed by atoms with Gasteiger partial charge in [-0.3, -0.25) is 4.79 Å². The van der Waals surface area contributed by atoms with E-state index in [-0.39, 0.29) is 17.9 Å². The summed E-state index contributed by atoms with van der Waals surface area (Å²) in [4.78, 5) is 14.2. The van der Waals surface area contributed by atoms with Gasteiger partial charge in [0.15, 0.2) is 0 Å². The van der Waals surface area contributed by atoms with Gasteiger partial charge in [-0.2, -0.15) is 0 Å². The second kappa shape index (κ2) is 5.15. The number of hydrogen-bond donors (Lipinski definition) is 2. The molecule has 0 radical (unpaired) electrons. The van der Waals surface area contributed by atoms with Gasteiger partial charge in [0.2, 0.25) is 5.91 Å². The Bertz CT molecular complexity index is 249. The zero-order chi connectivity index (χ0) is 11.5. The Morgan fingerprint density at radius 1 is 1.44 bits per heavy atom. The predicted octanol–water partition coefficient (Wildman–Crippen LogP) is 0.358. The standard InChI is InChI=1S/C12H22N2O2/c1-9(15)11-4-2-3-7-14(11)12(16)10-5-6-13-8-10/h9-11,13,15H,2-8H2,1H3/t9-,10+,11+/m0/s1. The minimum Gasteiger partial charge on any atom is -0.391 e. The molecule has 0 saturated carbocycles. The number of aliphatic hydroxyl groups is 1. The topological polar surface area (TPSA) is 52.6 Å².